The number of carbonyl (C=O) groups excluding carboxylic acids is 1. The van der Waals surface area contributed by atoms with Crippen LogP contribution >= 0.6 is 0 Å². The van der Waals surface area contributed by atoms with E-state index in [0.29, 0.717) is 19.5 Å². The van der Waals surface area contributed by atoms with E-state index >= 15 is 0 Å². The van der Waals surface area contributed by atoms with Gasteiger partial charge in [-0.3, -0.25) is 0 Å². The van der Waals surface area contributed by atoms with E-state index in [9.17, 15) is 9.59 Å². The molecule has 16 heavy (non-hydrogen) atoms. The van der Waals surface area contributed by atoms with E-state index in [-0.39, 0.29) is 6.03 Å². The van der Waals surface area contributed by atoms with Crippen molar-refractivity contribution in [2.45, 2.75) is 38.6 Å². The van der Waals surface area contributed by atoms with Crippen LogP contribution in [0.5, 0.6) is 0 Å². The van der Waals surface area contributed by atoms with Gasteiger partial charge in [-0.1, -0.05) is 13.3 Å². The second-order valence-electron chi connectivity index (χ2n) is 4.25. The number of rotatable bonds is 4. The van der Waals surface area contributed by atoms with Crippen LogP contribution in [0.2, 0.25) is 0 Å². The largest absolute Gasteiger partial charge is 0.480 e. The van der Waals surface area contributed by atoms with Gasteiger partial charge in [-0.25, -0.2) is 9.59 Å². The molecular weight excluding hydrogens is 208 g/mol. The lowest BCUT2D eigenvalue weighted by molar-refractivity contribution is -0.141. The first-order chi connectivity index (χ1) is 7.57. The third-order valence-electron chi connectivity index (χ3n) is 2.96. The number of amides is 2. The van der Waals surface area contributed by atoms with Gasteiger partial charge in [0, 0.05) is 20.1 Å². The maximum absolute atomic E-state index is 12.0. The standard InChI is InChI=1S/C11H20N2O3/c1-3-4-7-12(2)11(16)13-8-5-6-9(13)10(14)15/h9H,3-8H2,1-2H3,(H,14,15). The van der Waals surface area contributed by atoms with Crippen molar-refractivity contribution in [3.8, 4) is 0 Å². The molecule has 0 aromatic rings. The first-order valence-corrected chi connectivity index (χ1v) is 5.82. The topological polar surface area (TPSA) is 60.9 Å². The van der Waals surface area contributed by atoms with Crippen LogP contribution in [-0.4, -0.2) is 53.1 Å². The van der Waals surface area contributed by atoms with Crippen LogP contribution in [0.4, 0.5) is 4.79 Å². The van der Waals surface area contributed by atoms with Crippen molar-refractivity contribution < 1.29 is 14.7 Å². The zero-order valence-electron chi connectivity index (χ0n) is 9.98. The number of carboxylic acid groups (broad SMARTS) is 1. The Hall–Kier alpha value is -1.26. The molecule has 0 bridgehead atoms. The highest BCUT2D eigenvalue weighted by Gasteiger charge is 2.35. The van der Waals surface area contributed by atoms with Gasteiger partial charge in [0.1, 0.15) is 6.04 Å². The zero-order chi connectivity index (χ0) is 12.1. The van der Waals surface area contributed by atoms with E-state index in [4.69, 9.17) is 5.11 Å². The number of likely N-dealkylation sites (tertiary alicyclic amines) is 1. The molecule has 1 atom stereocenters. The van der Waals surface area contributed by atoms with Gasteiger partial charge in [0.2, 0.25) is 0 Å². The van der Waals surface area contributed by atoms with Crippen molar-refractivity contribution in [1.82, 2.24) is 9.80 Å². The molecule has 1 aliphatic heterocycles. The Labute approximate surface area is 96.0 Å². The van der Waals surface area contributed by atoms with E-state index in [1.165, 1.54) is 4.90 Å². The van der Waals surface area contributed by atoms with Crippen molar-refractivity contribution in [2.24, 2.45) is 0 Å². The van der Waals surface area contributed by atoms with Crippen molar-refractivity contribution in [3.05, 3.63) is 0 Å². The van der Waals surface area contributed by atoms with Crippen molar-refractivity contribution in [1.29, 1.82) is 0 Å². The minimum Gasteiger partial charge on any atom is -0.480 e. The molecule has 0 saturated carbocycles. The number of hydrogen-bond acceptors (Lipinski definition) is 2. The van der Waals surface area contributed by atoms with Gasteiger partial charge >= 0.3 is 12.0 Å². The molecule has 0 aromatic heterocycles. The monoisotopic (exact) mass is 228 g/mol. The molecule has 92 valence electrons. The summed E-state index contributed by atoms with van der Waals surface area (Å²) in [7, 11) is 1.73. The maximum Gasteiger partial charge on any atom is 0.326 e. The van der Waals surface area contributed by atoms with Gasteiger partial charge in [0.05, 0.1) is 0 Å². The van der Waals surface area contributed by atoms with Gasteiger partial charge in [-0.15, -0.1) is 0 Å². The van der Waals surface area contributed by atoms with Crippen molar-refractivity contribution >= 4 is 12.0 Å². The lowest BCUT2D eigenvalue weighted by atomic mass is 10.2. The van der Waals surface area contributed by atoms with Gasteiger partial charge in [-0.05, 0) is 19.3 Å². The summed E-state index contributed by atoms with van der Waals surface area (Å²) < 4.78 is 0. The average molecular weight is 228 g/mol. The van der Waals surface area contributed by atoms with Crippen LogP contribution < -0.4 is 0 Å². The number of carboxylic acids is 1. The van der Waals surface area contributed by atoms with E-state index in [2.05, 4.69) is 6.92 Å². The smallest absolute Gasteiger partial charge is 0.326 e. The second-order valence-corrected chi connectivity index (χ2v) is 4.25. The van der Waals surface area contributed by atoms with Crippen LogP contribution in [0, 0.1) is 0 Å². The molecule has 1 fully saturated rings. The highest BCUT2D eigenvalue weighted by molar-refractivity contribution is 5.83. The fourth-order valence-corrected chi connectivity index (χ4v) is 1.96. The molecule has 2 amide bonds. The second kappa shape index (κ2) is 5.72. The molecule has 5 heteroatoms. The maximum atomic E-state index is 12.0. The molecule has 0 spiro atoms. The molecule has 1 unspecified atom stereocenters. The number of unbranched alkanes of at least 4 members (excludes halogenated alkanes) is 1. The summed E-state index contributed by atoms with van der Waals surface area (Å²) in [6, 6.07) is -0.782. The minimum absolute atomic E-state index is 0.154. The summed E-state index contributed by atoms with van der Waals surface area (Å²) in [6.07, 6.45) is 3.33. The number of aliphatic carboxylic acids is 1. The van der Waals surface area contributed by atoms with Gasteiger partial charge in [0.25, 0.3) is 0 Å². The van der Waals surface area contributed by atoms with Crippen molar-refractivity contribution in [2.75, 3.05) is 20.1 Å². The SMILES string of the molecule is CCCCN(C)C(=O)N1CCCC1C(=O)O. The van der Waals surface area contributed by atoms with Crippen LogP contribution in [0.1, 0.15) is 32.6 Å². The minimum atomic E-state index is -0.894. The average Bonchev–Trinajstić information content (AvgIpc) is 2.73. The molecule has 1 rings (SSSR count). The Morgan fingerprint density at radius 3 is 2.75 bits per heavy atom. The number of nitrogens with zero attached hydrogens (tertiary/aromatic N) is 2. The Morgan fingerprint density at radius 2 is 2.19 bits per heavy atom. The van der Waals surface area contributed by atoms with Crippen LogP contribution in [-0.2, 0) is 4.79 Å². The summed E-state index contributed by atoms with van der Waals surface area (Å²) in [5, 5.41) is 8.98. The molecular formula is C11H20N2O3. The Kier molecular flexibility index (Phi) is 4.58. The first kappa shape index (κ1) is 12.8. The van der Waals surface area contributed by atoms with Crippen LogP contribution in [0.25, 0.3) is 0 Å². The van der Waals surface area contributed by atoms with Crippen molar-refractivity contribution in [3.63, 3.8) is 0 Å². The fraction of sp³-hybridized carbons (Fsp3) is 0.818. The number of urea groups is 1. The summed E-state index contributed by atoms with van der Waals surface area (Å²) in [4.78, 5) is 26.0. The molecule has 1 N–H and O–H groups in total. The Morgan fingerprint density at radius 1 is 1.50 bits per heavy atom. The molecule has 0 aromatic carbocycles. The summed E-state index contributed by atoms with van der Waals surface area (Å²) in [6.45, 7) is 3.32. The van der Waals surface area contributed by atoms with Crippen LogP contribution in [0.15, 0.2) is 0 Å². The van der Waals surface area contributed by atoms with E-state index in [0.717, 1.165) is 19.3 Å². The van der Waals surface area contributed by atoms with Crippen LogP contribution in [0.3, 0.4) is 0 Å². The predicted octanol–water partition coefficient (Wildman–Crippen LogP) is 1.39. The summed E-state index contributed by atoms with van der Waals surface area (Å²) >= 11 is 0. The summed E-state index contributed by atoms with van der Waals surface area (Å²) in [5.41, 5.74) is 0. The fourth-order valence-electron chi connectivity index (χ4n) is 1.96. The number of hydrogen-bond donors (Lipinski definition) is 1. The normalized spacial score (nSPS) is 19.9. The Bertz CT molecular complexity index is 268. The zero-order valence-corrected chi connectivity index (χ0v) is 9.98. The van der Waals surface area contributed by atoms with Gasteiger partial charge in [-0.2, -0.15) is 0 Å². The molecule has 5 nitrogen and oxygen atoms in total. The molecule has 0 aliphatic carbocycles. The quantitative estimate of drug-likeness (QED) is 0.791. The lowest BCUT2D eigenvalue weighted by Gasteiger charge is -2.27. The molecule has 1 heterocycles. The molecule has 0 radical (unpaired) electrons. The highest BCUT2D eigenvalue weighted by Crippen LogP contribution is 2.18. The highest BCUT2D eigenvalue weighted by atomic mass is 16.4. The lowest BCUT2D eigenvalue weighted by Crippen LogP contribution is -2.46. The van der Waals surface area contributed by atoms with Gasteiger partial charge in [0.15, 0.2) is 0 Å². The third-order valence-corrected chi connectivity index (χ3v) is 2.96. The molecule has 1 aliphatic rings. The Balaban J connectivity index is 2.55. The van der Waals surface area contributed by atoms with E-state index in [1.807, 2.05) is 0 Å². The summed E-state index contributed by atoms with van der Waals surface area (Å²) in [5.74, 6) is -0.894. The van der Waals surface area contributed by atoms with E-state index < -0.39 is 12.0 Å². The molecule has 1 saturated heterocycles. The first-order valence-electron chi connectivity index (χ1n) is 5.82. The number of carbonyl (C=O) groups is 2. The predicted molar refractivity (Wildman–Crippen MR) is 60.3 cm³/mol. The third kappa shape index (κ3) is 2.87. The van der Waals surface area contributed by atoms with E-state index in [1.54, 1.807) is 11.9 Å². The van der Waals surface area contributed by atoms with Gasteiger partial charge < -0.3 is 14.9 Å².